The Morgan fingerprint density at radius 2 is 2.27 bits per heavy atom. The van der Waals surface area contributed by atoms with Crippen LogP contribution in [0.3, 0.4) is 0 Å². The summed E-state index contributed by atoms with van der Waals surface area (Å²) >= 11 is 0. The quantitative estimate of drug-likeness (QED) is 0.544. The maximum Gasteiger partial charge on any atom is 0.310 e. The summed E-state index contributed by atoms with van der Waals surface area (Å²) in [5, 5.41) is 0. The van der Waals surface area contributed by atoms with E-state index in [1.54, 1.807) is 6.92 Å². The molecule has 0 heterocycles. The summed E-state index contributed by atoms with van der Waals surface area (Å²) in [6, 6.07) is 3.88. The van der Waals surface area contributed by atoms with E-state index in [9.17, 15) is 4.79 Å². The molecule has 15 heavy (non-hydrogen) atoms. The number of fused-ring (bicyclic) bond motifs is 1. The van der Waals surface area contributed by atoms with Gasteiger partial charge in [-0.15, -0.1) is 0 Å². The van der Waals surface area contributed by atoms with Gasteiger partial charge in [0.25, 0.3) is 0 Å². The Morgan fingerprint density at radius 1 is 1.47 bits per heavy atom. The van der Waals surface area contributed by atoms with E-state index in [4.69, 9.17) is 4.74 Å². The van der Waals surface area contributed by atoms with Crippen molar-refractivity contribution in [2.24, 2.45) is 0 Å². The largest absolute Gasteiger partial charge is 0.426 e. The molecule has 0 N–H and O–H groups in total. The Balaban J connectivity index is 2.32. The fourth-order valence-corrected chi connectivity index (χ4v) is 1.79. The minimum absolute atomic E-state index is 0.177. The van der Waals surface area contributed by atoms with Crippen LogP contribution in [0.4, 0.5) is 0 Å². The molecule has 2 heteroatoms. The van der Waals surface area contributed by atoms with Crippen LogP contribution in [0.5, 0.6) is 5.75 Å². The van der Waals surface area contributed by atoms with Gasteiger partial charge in [0.1, 0.15) is 5.75 Å². The van der Waals surface area contributed by atoms with Crippen LogP contribution in [0, 0.1) is 6.92 Å². The topological polar surface area (TPSA) is 26.3 Å². The first-order valence-electron chi connectivity index (χ1n) is 5.22. The fourth-order valence-electron chi connectivity index (χ4n) is 1.79. The van der Waals surface area contributed by atoms with Gasteiger partial charge in [-0.1, -0.05) is 25.1 Å². The molecule has 1 aromatic rings. The second-order valence-corrected chi connectivity index (χ2v) is 3.69. The van der Waals surface area contributed by atoms with E-state index in [1.165, 1.54) is 11.1 Å². The van der Waals surface area contributed by atoms with Crippen molar-refractivity contribution in [2.75, 3.05) is 0 Å². The highest BCUT2D eigenvalue weighted by molar-refractivity contribution is 5.73. The van der Waals surface area contributed by atoms with E-state index in [0.29, 0.717) is 12.2 Å². The molecule has 0 fully saturated rings. The number of hydrogen-bond acceptors (Lipinski definition) is 2. The molecule has 0 radical (unpaired) electrons. The van der Waals surface area contributed by atoms with Gasteiger partial charge >= 0.3 is 5.97 Å². The number of hydrogen-bond donors (Lipinski definition) is 0. The minimum Gasteiger partial charge on any atom is -0.426 e. The van der Waals surface area contributed by atoms with E-state index in [1.807, 2.05) is 19.1 Å². The van der Waals surface area contributed by atoms with Crippen molar-refractivity contribution in [3.63, 3.8) is 0 Å². The summed E-state index contributed by atoms with van der Waals surface area (Å²) in [5.41, 5.74) is 3.60. The molecular formula is C13H14O2. The van der Waals surface area contributed by atoms with Crippen LogP contribution >= 0.6 is 0 Å². The van der Waals surface area contributed by atoms with Crippen LogP contribution in [0.25, 0.3) is 6.08 Å². The van der Waals surface area contributed by atoms with Crippen molar-refractivity contribution < 1.29 is 9.53 Å². The van der Waals surface area contributed by atoms with Gasteiger partial charge in [-0.3, -0.25) is 4.79 Å². The Bertz CT molecular complexity index is 430. The van der Waals surface area contributed by atoms with Crippen LogP contribution < -0.4 is 4.74 Å². The van der Waals surface area contributed by atoms with Gasteiger partial charge in [-0.2, -0.15) is 0 Å². The lowest BCUT2D eigenvalue weighted by Crippen LogP contribution is -2.07. The molecule has 1 aromatic carbocycles. The van der Waals surface area contributed by atoms with Crippen LogP contribution in [-0.2, 0) is 11.2 Å². The maximum absolute atomic E-state index is 11.2. The average molecular weight is 202 g/mol. The fraction of sp³-hybridized carbons (Fsp3) is 0.308. The predicted octanol–water partition coefficient (Wildman–Crippen LogP) is 2.88. The number of carbonyl (C=O) groups is 1. The van der Waals surface area contributed by atoms with E-state index in [0.717, 1.165) is 12.0 Å². The molecule has 1 aliphatic rings. The van der Waals surface area contributed by atoms with Gasteiger partial charge in [-0.25, -0.2) is 0 Å². The van der Waals surface area contributed by atoms with E-state index in [-0.39, 0.29) is 5.97 Å². The van der Waals surface area contributed by atoms with Gasteiger partial charge < -0.3 is 4.74 Å². The smallest absolute Gasteiger partial charge is 0.310 e. The minimum atomic E-state index is -0.177. The first kappa shape index (κ1) is 9.97. The third-order valence-electron chi connectivity index (χ3n) is 2.72. The van der Waals surface area contributed by atoms with E-state index >= 15 is 0 Å². The van der Waals surface area contributed by atoms with Crippen LogP contribution in [0.1, 0.15) is 30.0 Å². The third-order valence-corrected chi connectivity index (χ3v) is 2.72. The van der Waals surface area contributed by atoms with Crippen molar-refractivity contribution in [3.8, 4) is 5.75 Å². The summed E-state index contributed by atoms with van der Waals surface area (Å²) in [6.07, 6.45) is 5.59. The zero-order chi connectivity index (χ0) is 10.8. The lowest BCUT2D eigenvalue weighted by molar-refractivity contribution is -0.134. The first-order valence-corrected chi connectivity index (χ1v) is 5.22. The van der Waals surface area contributed by atoms with E-state index < -0.39 is 0 Å². The molecule has 2 rings (SSSR count). The Hall–Kier alpha value is -1.57. The Morgan fingerprint density at radius 3 is 3.00 bits per heavy atom. The van der Waals surface area contributed by atoms with Crippen LogP contribution in [0.15, 0.2) is 18.2 Å². The third kappa shape index (κ3) is 1.80. The lowest BCUT2D eigenvalue weighted by atomic mass is 10.0. The first-order chi connectivity index (χ1) is 7.22. The Labute approximate surface area is 89.6 Å². The summed E-state index contributed by atoms with van der Waals surface area (Å²) < 4.78 is 5.25. The highest BCUT2D eigenvalue weighted by atomic mass is 16.5. The molecule has 0 aromatic heterocycles. The molecule has 1 aliphatic carbocycles. The number of esters is 1. The lowest BCUT2D eigenvalue weighted by Gasteiger charge is -2.10. The van der Waals surface area contributed by atoms with E-state index in [2.05, 4.69) is 12.2 Å². The maximum atomic E-state index is 11.2. The SMILES string of the molecule is CCC(=O)Oc1ccc2c(c1C)CC=C2. The number of rotatable bonds is 2. The highest BCUT2D eigenvalue weighted by Crippen LogP contribution is 2.29. The summed E-state index contributed by atoms with van der Waals surface area (Å²) in [6.45, 7) is 3.80. The zero-order valence-corrected chi connectivity index (χ0v) is 9.04. The van der Waals surface area contributed by atoms with Crippen molar-refractivity contribution in [2.45, 2.75) is 26.7 Å². The second-order valence-electron chi connectivity index (χ2n) is 3.69. The zero-order valence-electron chi connectivity index (χ0n) is 9.04. The van der Waals surface area contributed by atoms with Crippen molar-refractivity contribution in [1.29, 1.82) is 0 Å². The predicted molar refractivity (Wildman–Crippen MR) is 59.8 cm³/mol. The molecule has 2 nitrogen and oxygen atoms in total. The van der Waals surface area contributed by atoms with Gasteiger partial charge in [0.05, 0.1) is 0 Å². The normalized spacial score (nSPS) is 12.7. The molecule has 0 atom stereocenters. The summed E-state index contributed by atoms with van der Waals surface area (Å²) in [4.78, 5) is 11.2. The second kappa shape index (κ2) is 3.89. The molecular weight excluding hydrogens is 188 g/mol. The standard InChI is InChI=1S/C13H14O2/c1-3-13(14)15-12-8-7-10-5-4-6-11(10)9(12)2/h4-5,7-8H,3,6H2,1-2H3. The monoisotopic (exact) mass is 202 g/mol. The van der Waals surface area contributed by atoms with Crippen LogP contribution in [-0.4, -0.2) is 5.97 Å². The van der Waals surface area contributed by atoms with Gasteiger partial charge in [-0.05, 0) is 36.1 Å². The summed E-state index contributed by atoms with van der Waals surface area (Å²) in [7, 11) is 0. The summed E-state index contributed by atoms with van der Waals surface area (Å²) in [5.74, 6) is 0.522. The van der Waals surface area contributed by atoms with Crippen LogP contribution in [0.2, 0.25) is 0 Å². The molecule has 0 spiro atoms. The van der Waals surface area contributed by atoms with Crippen molar-refractivity contribution in [1.82, 2.24) is 0 Å². The number of allylic oxidation sites excluding steroid dienone is 1. The van der Waals surface area contributed by atoms with Crippen molar-refractivity contribution >= 4 is 12.0 Å². The average Bonchev–Trinajstić information content (AvgIpc) is 2.70. The van der Waals surface area contributed by atoms with Crippen molar-refractivity contribution in [3.05, 3.63) is 34.9 Å². The molecule has 0 saturated carbocycles. The number of ether oxygens (including phenoxy) is 1. The van der Waals surface area contributed by atoms with Gasteiger partial charge in [0, 0.05) is 6.42 Å². The van der Waals surface area contributed by atoms with Gasteiger partial charge in [0.15, 0.2) is 0 Å². The number of carbonyl (C=O) groups excluding carboxylic acids is 1. The molecule has 0 unspecified atom stereocenters. The molecule has 0 aliphatic heterocycles. The molecule has 0 amide bonds. The molecule has 0 saturated heterocycles. The van der Waals surface area contributed by atoms with Gasteiger partial charge in [0.2, 0.25) is 0 Å². The molecule has 0 bridgehead atoms. The highest BCUT2D eigenvalue weighted by Gasteiger charge is 2.13. The molecule has 78 valence electrons. The Kier molecular flexibility index (Phi) is 2.58. The number of benzene rings is 1.